The molecule has 6 heteroatoms. The van der Waals surface area contributed by atoms with Crippen LogP contribution in [0.5, 0.6) is 0 Å². The van der Waals surface area contributed by atoms with Crippen LogP contribution in [0, 0.1) is 17.8 Å². The van der Waals surface area contributed by atoms with Gasteiger partial charge < -0.3 is 18.9 Å². The molecule has 5 fully saturated rings. The van der Waals surface area contributed by atoms with Gasteiger partial charge in [-0.1, -0.05) is 26.7 Å². The summed E-state index contributed by atoms with van der Waals surface area (Å²) >= 11 is 0. The van der Waals surface area contributed by atoms with Crippen molar-refractivity contribution < 1.29 is 23.7 Å². The van der Waals surface area contributed by atoms with Gasteiger partial charge >= 0.3 is 5.97 Å². The molecule has 152 valence electrons. The lowest BCUT2D eigenvalue weighted by atomic mass is 9.69. The number of hydrogen-bond acceptors (Lipinski definition) is 6. The summed E-state index contributed by atoms with van der Waals surface area (Å²) in [6.07, 6.45) is 6.15. The van der Waals surface area contributed by atoms with Gasteiger partial charge in [-0.25, -0.2) is 4.79 Å². The molecule has 6 nitrogen and oxygen atoms in total. The van der Waals surface area contributed by atoms with Crippen LogP contribution in [0.4, 0.5) is 0 Å². The molecule has 5 bridgehead atoms. The topological polar surface area (TPSA) is 57.2 Å². The summed E-state index contributed by atoms with van der Waals surface area (Å²) in [5.74, 6) is 1.64. The highest BCUT2D eigenvalue weighted by molar-refractivity contribution is 5.93. The minimum atomic E-state index is -0.558. The second kappa shape index (κ2) is 5.33. The Labute approximate surface area is 165 Å². The van der Waals surface area contributed by atoms with Gasteiger partial charge in [-0.2, -0.15) is 0 Å². The molecule has 6 rings (SSSR count). The Morgan fingerprint density at radius 1 is 1.36 bits per heavy atom. The number of fused-ring (bicyclic) bond motifs is 1. The van der Waals surface area contributed by atoms with E-state index in [0.717, 1.165) is 25.1 Å². The molecular weight excluding hydrogens is 358 g/mol. The second-order valence-corrected chi connectivity index (χ2v) is 9.42. The van der Waals surface area contributed by atoms with Crippen molar-refractivity contribution in [1.82, 2.24) is 4.90 Å². The lowest BCUT2D eigenvalue weighted by Crippen LogP contribution is -2.61. The highest BCUT2D eigenvalue weighted by atomic mass is 16.7. The fourth-order valence-electron chi connectivity index (χ4n) is 7.64. The molecule has 0 saturated carbocycles. The van der Waals surface area contributed by atoms with Gasteiger partial charge in [0, 0.05) is 17.9 Å². The molecule has 0 aromatic heterocycles. The molecule has 6 aliphatic heterocycles. The van der Waals surface area contributed by atoms with Gasteiger partial charge in [-0.05, 0) is 32.7 Å². The molecule has 6 aliphatic rings. The quantitative estimate of drug-likeness (QED) is 0.691. The molecule has 1 spiro atoms. The number of cyclic esters (lactones) is 1. The first-order valence-electron chi connectivity index (χ1n) is 10.8. The van der Waals surface area contributed by atoms with Gasteiger partial charge in [-0.15, -0.1) is 0 Å². The Kier molecular flexibility index (Phi) is 3.30. The number of rotatable bonds is 4. The third-order valence-electron chi connectivity index (χ3n) is 8.53. The average molecular weight is 387 g/mol. The van der Waals surface area contributed by atoms with Gasteiger partial charge in [0.15, 0.2) is 5.76 Å². The molecule has 0 N–H and O–H groups in total. The van der Waals surface area contributed by atoms with Crippen LogP contribution in [-0.2, 0) is 23.7 Å². The van der Waals surface area contributed by atoms with E-state index in [1.165, 1.54) is 19.3 Å². The molecule has 0 aromatic rings. The first-order chi connectivity index (χ1) is 13.5. The van der Waals surface area contributed by atoms with E-state index >= 15 is 0 Å². The zero-order valence-corrected chi connectivity index (χ0v) is 17.1. The van der Waals surface area contributed by atoms with Crippen LogP contribution in [0.15, 0.2) is 22.9 Å². The highest BCUT2D eigenvalue weighted by Crippen LogP contribution is 2.73. The molecule has 8 atom stereocenters. The summed E-state index contributed by atoms with van der Waals surface area (Å²) in [5.41, 5.74) is 0.659. The number of piperidine rings is 1. The fourth-order valence-corrected chi connectivity index (χ4v) is 7.64. The molecule has 0 amide bonds. The van der Waals surface area contributed by atoms with Crippen molar-refractivity contribution in [3.05, 3.63) is 22.9 Å². The van der Waals surface area contributed by atoms with Crippen LogP contribution in [0.25, 0.3) is 0 Å². The van der Waals surface area contributed by atoms with E-state index in [2.05, 4.69) is 18.7 Å². The van der Waals surface area contributed by atoms with Crippen LogP contribution in [0.3, 0.4) is 0 Å². The van der Waals surface area contributed by atoms with Gasteiger partial charge in [0.2, 0.25) is 11.5 Å². The van der Waals surface area contributed by atoms with Crippen molar-refractivity contribution >= 4 is 5.97 Å². The van der Waals surface area contributed by atoms with Crippen molar-refractivity contribution in [1.29, 1.82) is 0 Å². The minimum Gasteiger partial charge on any atom is -0.492 e. The Morgan fingerprint density at radius 3 is 2.93 bits per heavy atom. The number of carbonyl (C=O) groups excluding carboxylic acids is 1. The van der Waals surface area contributed by atoms with E-state index in [0.29, 0.717) is 29.1 Å². The smallest absolute Gasteiger partial charge is 0.343 e. The molecule has 0 radical (unpaired) electrons. The SMILES string of the molecule is CCCC[C@@]12C3C[C@@H]4C5C(C)/C(=C6/OC(=O)C(C)=C6OC)OC5(O3)C1CCN42. The lowest BCUT2D eigenvalue weighted by Gasteiger charge is -2.48. The molecule has 28 heavy (non-hydrogen) atoms. The van der Waals surface area contributed by atoms with E-state index in [-0.39, 0.29) is 29.4 Å². The Morgan fingerprint density at radius 2 is 2.18 bits per heavy atom. The van der Waals surface area contributed by atoms with Crippen molar-refractivity contribution in [2.75, 3.05) is 13.7 Å². The normalized spacial score (nSPS) is 52.5. The van der Waals surface area contributed by atoms with E-state index in [1.54, 1.807) is 14.0 Å². The molecule has 6 unspecified atom stereocenters. The number of methoxy groups -OCH3 is 1. The predicted octanol–water partition coefficient (Wildman–Crippen LogP) is 3.09. The zero-order chi connectivity index (χ0) is 19.4. The van der Waals surface area contributed by atoms with Crippen molar-refractivity contribution in [2.24, 2.45) is 17.8 Å². The van der Waals surface area contributed by atoms with Gasteiger partial charge in [0.1, 0.15) is 5.76 Å². The van der Waals surface area contributed by atoms with Crippen molar-refractivity contribution in [3.8, 4) is 0 Å². The summed E-state index contributed by atoms with van der Waals surface area (Å²) < 4.78 is 24.7. The summed E-state index contributed by atoms with van der Waals surface area (Å²) in [7, 11) is 1.58. The van der Waals surface area contributed by atoms with Crippen LogP contribution >= 0.6 is 0 Å². The minimum absolute atomic E-state index is 0.134. The van der Waals surface area contributed by atoms with Crippen LogP contribution < -0.4 is 0 Å². The van der Waals surface area contributed by atoms with Crippen LogP contribution in [0.1, 0.15) is 52.9 Å². The maximum absolute atomic E-state index is 12.2. The molecule has 6 heterocycles. The third kappa shape index (κ3) is 1.65. The Balaban J connectivity index is 1.46. The van der Waals surface area contributed by atoms with E-state index < -0.39 is 5.79 Å². The largest absolute Gasteiger partial charge is 0.492 e. The number of hydrogen-bond donors (Lipinski definition) is 0. The van der Waals surface area contributed by atoms with E-state index in [1.807, 2.05) is 0 Å². The van der Waals surface area contributed by atoms with Crippen molar-refractivity contribution in [2.45, 2.75) is 76.3 Å². The number of allylic oxidation sites excluding steroid dienone is 1. The maximum Gasteiger partial charge on any atom is 0.343 e. The number of unbranched alkanes of at least 4 members (excludes halogenated alkanes) is 1. The third-order valence-corrected chi connectivity index (χ3v) is 8.53. The predicted molar refractivity (Wildman–Crippen MR) is 99.6 cm³/mol. The average Bonchev–Trinajstić information content (AvgIpc) is 3.38. The first-order valence-corrected chi connectivity index (χ1v) is 10.8. The number of ether oxygens (including phenoxy) is 4. The van der Waals surface area contributed by atoms with Crippen LogP contribution in [0.2, 0.25) is 0 Å². The maximum atomic E-state index is 12.2. The molecule has 0 aliphatic carbocycles. The number of carbonyl (C=O) groups is 1. The van der Waals surface area contributed by atoms with E-state index in [4.69, 9.17) is 18.9 Å². The molecular formula is C22H29NO5. The van der Waals surface area contributed by atoms with Gasteiger partial charge in [0.05, 0.1) is 30.2 Å². The molecule has 5 saturated heterocycles. The van der Waals surface area contributed by atoms with Gasteiger partial charge in [0.25, 0.3) is 0 Å². The standard InChI is InChI=1S/C22H29NO5/c1-5-6-8-21-14-7-9-23(21)13-10-15(21)27-22(14)16(13)11(2)18(28-22)19-17(25-4)12(3)20(24)26-19/h11,13-16H,5-10H2,1-4H3/b19-18-/t11?,13-,14?,15?,16?,21+,22?/m1/s1. The van der Waals surface area contributed by atoms with Crippen molar-refractivity contribution in [3.63, 3.8) is 0 Å². The number of nitrogens with zero attached hydrogens (tertiary/aromatic N) is 1. The lowest BCUT2D eigenvalue weighted by molar-refractivity contribution is -0.256. The number of esters is 1. The Hall–Kier alpha value is -1.53. The summed E-state index contributed by atoms with van der Waals surface area (Å²) in [4.78, 5) is 14.9. The monoisotopic (exact) mass is 387 g/mol. The summed E-state index contributed by atoms with van der Waals surface area (Å²) in [6, 6.07) is 0.496. The Bertz CT molecular complexity index is 833. The second-order valence-electron chi connectivity index (χ2n) is 9.42. The molecule has 0 aromatic carbocycles. The highest BCUT2D eigenvalue weighted by Gasteiger charge is 2.84. The summed E-state index contributed by atoms with van der Waals surface area (Å²) in [5, 5.41) is 0. The fraction of sp³-hybridized carbons (Fsp3) is 0.773. The first kappa shape index (κ1) is 17.3. The van der Waals surface area contributed by atoms with Crippen LogP contribution in [-0.4, -0.2) is 48.0 Å². The zero-order valence-electron chi connectivity index (χ0n) is 17.1. The summed E-state index contributed by atoms with van der Waals surface area (Å²) in [6.45, 7) is 7.37. The van der Waals surface area contributed by atoms with E-state index in [9.17, 15) is 4.79 Å². The van der Waals surface area contributed by atoms with Gasteiger partial charge in [-0.3, -0.25) is 4.90 Å².